The highest BCUT2D eigenvalue weighted by molar-refractivity contribution is 5.82. The quantitative estimate of drug-likeness (QED) is 0.896. The predicted octanol–water partition coefficient (Wildman–Crippen LogP) is 2.79. The van der Waals surface area contributed by atoms with E-state index in [0.717, 1.165) is 31.5 Å². The van der Waals surface area contributed by atoms with E-state index in [1.54, 1.807) is 0 Å². The summed E-state index contributed by atoms with van der Waals surface area (Å²) in [7, 11) is 2.08. The van der Waals surface area contributed by atoms with Crippen molar-refractivity contribution >= 4 is 16.9 Å². The molecule has 1 saturated heterocycles. The Morgan fingerprint density at radius 1 is 1.25 bits per heavy atom. The number of hydrogen-bond donors (Lipinski definition) is 1. The van der Waals surface area contributed by atoms with Gasteiger partial charge in [-0.2, -0.15) is 0 Å². The molecular formula is C16H21N3O. The first kappa shape index (κ1) is 13.0. The van der Waals surface area contributed by atoms with Gasteiger partial charge in [-0.1, -0.05) is 6.07 Å². The summed E-state index contributed by atoms with van der Waals surface area (Å²) < 4.78 is 2.18. The van der Waals surface area contributed by atoms with Crippen LogP contribution in [0, 0.1) is 6.92 Å². The van der Waals surface area contributed by atoms with Gasteiger partial charge in [0, 0.05) is 43.3 Å². The van der Waals surface area contributed by atoms with E-state index in [0.29, 0.717) is 6.54 Å². The third-order valence-corrected chi connectivity index (χ3v) is 4.18. The lowest BCUT2D eigenvalue weighted by molar-refractivity contribution is 0.208. The molecule has 0 atom stereocenters. The Labute approximate surface area is 119 Å². The molecule has 0 radical (unpaired) electrons. The third kappa shape index (κ3) is 2.38. The van der Waals surface area contributed by atoms with Crippen molar-refractivity contribution in [1.29, 1.82) is 0 Å². The largest absolute Gasteiger partial charge is 0.348 e. The van der Waals surface area contributed by atoms with E-state index in [1.807, 2.05) is 4.90 Å². The number of urea groups is 1. The van der Waals surface area contributed by atoms with E-state index in [-0.39, 0.29) is 6.03 Å². The number of fused-ring (bicyclic) bond motifs is 1. The monoisotopic (exact) mass is 271 g/mol. The minimum absolute atomic E-state index is 0.0619. The molecule has 3 rings (SSSR count). The summed E-state index contributed by atoms with van der Waals surface area (Å²) in [6.07, 6.45) is 2.26. The van der Waals surface area contributed by atoms with Gasteiger partial charge in [0.15, 0.2) is 0 Å². The van der Waals surface area contributed by atoms with E-state index in [4.69, 9.17) is 0 Å². The van der Waals surface area contributed by atoms with Crippen molar-refractivity contribution in [3.05, 3.63) is 35.5 Å². The number of carbonyl (C=O) groups is 1. The summed E-state index contributed by atoms with van der Waals surface area (Å²) in [5, 5.41) is 4.24. The number of hydrogen-bond acceptors (Lipinski definition) is 1. The second kappa shape index (κ2) is 5.19. The molecule has 1 aliphatic heterocycles. The molecule has 0 aliphatic carbocycles. The Balaban J connectivity index is 1.69. The van der Waals surface area contributed by atoms with E-state index in [2.05, 4.69) is 48.1 Å². The molecule has 1 N–H and O–H groups in total. The molecule has 2 aromatic rings. The lowest BCUT2D eigenvalue weighted by atomic mass is 10.1. The SMILES string of the molecule is Cc1cc2cc(CNC(=O)N3CCCC3)ccc2n1C. The molecule has 20 heavy (non-hydrogen) atoms. The molecule has 0 unspecified atom stereocenters. The molecular weight excluding hydrogens is 250 g/mol. The van der Waals surface area contributed by atoms with Crippen LogP contribution < -0.4 is 5.32 Å². The highest BCUT2D eigenvalue weighted by Crippen LogP contribution is 2.19. The van der Waals surface area contributed by atoms with Crippen LogP contribution in [0.4, 0.5) is 4.79 Å². The average Bonchev–Trinajstić information content (AvgIpc) is 3.06. The average molecular weight is 271 g/mol. The molecule has 4 heteroatoms. The zero-order valence-corrected chi connectivity index (χ0v) is 12.1. The molecule has 1 aliphatic rings. The van der Waals surface area contributed by atoms with Gasteiger partial charge in [-0.3, -0.25) is 0 Å². The van der Waals surface area contributed by atoms with Gasteiger partial charge in [0.25, 0.3) is 0 Å². The molecule has 1 aromatic heterocycles. The second-order valence-corrected chi connectivity index (χ2v) is 5.59. The van der Waals surface area contributed by atoms with Gasteiger partial charge in [0.1, 0.15) is 0 Å². The molecule has 2 heterocycles. The Kier molecular flexibility index (Phi) is 3.38. The third-order valence-electron chi connectivity index (χ3n) is 4.18. The number of aryl methyl sites for hydroxylation is 2. The molecule has 4 nitrogen and oxygen atoms in total. The van der Waals surface area contributed by atoms with Crippen LogP contribution in [0.15, 0.2) is 24.3 Å². The van der Waals surface area contributed by atoms with Crippen LogP contribution in [0.3, 0.4) is 0 Å². The van der Waals surface area contributed by atoms with Crippen molar-refractivity contribution in [2.24, 2.45) is 7.05 Å². The highest BCUT2D eigenvalue weighted by atomic mass is 16.2. The smallest absolute Gasteiger partial charge is 0.317 e. The first-order chi connectivity index (χ1) is 9.65. The molecule has 1 aromatic carbocycles. The van der Waals surface area contributed by atoms with Crippen LogP contribution in [-0.2, 0) is 13.6 Å². The van der Waals surface area contributed by atoms with Gasteiger partial charge in [-0.15, -0.1) is 0 Å². The van der Waals surface area contributed by atoms with Crippen molar-refractivity contribution in [2.75, 3.05) is 13.1 Å². The first-order valence-electron chi connectivity index (χ1n) is 7.23. The fourth-order valence-corrected chi connectivity index (χ4v) is 2.86. The highest BCUT2D eigenvalue weighted by Gasteiger charge is 2.17. The van der Waals surface area contributed by atoms with Gasteiger partial charge >= 0.3 is 6.03 Å². The van der Waals surface area contributed by atoms with Crippen molar-refractivity contribution in [3.63, 3.8) is 0 Å². The first-order valence-corrected chi connectivity index (χ1v) is 7.23. The summed E-state index contributed by atoms with van der Waals surface area (Å²) >= 11 is 0. The Bertz CT molecular complexity index is 638. The lowest BCUT2D eigenvalue weighted by Gasteiger charge is -2.16. The standard InChI is InChI=1S/C16H21N3O/c1-12-9-14-10-13(5-6-15(14)18(12)2)11-17-16(20)19-7-3-4-8-19/h5-6,9-10H,3-4,7-8,11H2,1-2H3,(H,17,20). The Morgan fingerprint density at radius 2 is 2.00 bits per heavy atom. The summed E-state index contributed by atoms with van der Waals surface area (Å²) in [5.41, 5.74) is 3.63. The summed E-state index contributed by atoms with van der Waals surface area (Å²) in [4.78, 5) is 13.8. The maximum atomic E-state index is 12.0. The van der Waals surface area contributed by atoms with E-state index < -0.39 is 0 Å². The number of carbonyl (C=O) groups excluding carboxylic acids is 1. The van der Waals surface area contributed by atoms with Crippen LogP contribution in [-0.4, -0.2) is 28.6 Å². The molecule has 0 spiro atoms. The van der Waals surface area contributed by atoms with E-state index in [9.17, 15) is 4.79 Å². The number of benzene rings is 1. The maximum Gasteiger partial charge on any atom is 0.317 e. The number of likely N-dealkylation sites (tertiary alicyclic amines) is 1. The maximum absolute atomic E-state index is 12.0. The van der Waals surface area contributed by atoms with Crippen molar-refractivity contribution in [3.8, 4) is 0 Å². The Morgan fingerprint density at radius 3 is 2.75 bits per heavy atom. The van der Waals surface area contributed by atoms with Gasteiger partial charge in [-0.25, -0.2) is 4.79 Å². The summed E-state index contributed by atoms with van der Waals surface area (Å²) in [6, 6.07) is 8.62. The number of amides is 2. The number of rotatable bonds is 2. The van der Waals surface area contributed by atoms with Crippen LogP contribution >= 0.6 is 0 Å². The fourth-order valence-electron chi connectivity index (χ4n) is 2.86. The molecule has 106 valence electrons. The number of nitrogens with zero attached hydrogens (tertiary/aromatic N) is 2. The van der Waals surface area contributed by atoms with E-state index in [1.165, 1.54) is 16.6 Å². The van der Waals surface area contributed by atoms with E-state index >= 15 is 0 Å². The number of nitrogens with one attached hydrogen (secondary N) is 1. The van der Waals surface area contributed by atoms with Crippen molar-refractivity contribution < 1.29 is 4.79 Å². The fraction of sp³-hybridized carbons (Fsp3) is 0.438. The van der Waals surface area contributed by atoms with Gasteiger partial charge in [-0.05, 0) is 43.5 Å². The molecule has 0 bridgehead atoms. The van der Waals surface area contributed by atoms with Gasteiger partial charge in [0.2, 0.25) is 0 Å². The van der Waals surface area contributed by atoms with Gasteiger partial charge < -0.3 is 14.8 Å². The minimum atomic E-state index is 0.0619. The molecule has 1 fully saturated rings. The summed E-state index contributed by atoms with van der Waals surface area (Å²) in [6.45, 7) is 4.49. The topological polar surface area (TPSA) is 37.3 Å². The van der Waals surface area contributed by atoms with Crippen LogP contribution in [0.5, 0.6) is 0 Å². The summed E-state index contributed by atoms with van der Waals surface area (Å²) in [5.74, 6) is 0. The van der Waals surface area contributed by atoms with Crippen molar-refractivity contribution in [1.82, 2.24) is 14.8 Å². The predicted molar refractivity (Wildman–Crippen MR) is 80.7 cm³/mol. The molecule has 0 saturated carbocycles. The van der Waals surface area contributed by atoms with Gasteiger partial charge in [0.05, 0.1) is 0 Å². The zero-order chi connectivity index (χ0) is 14.1. The lowest BCUT2D eigenvalue weighted by Crippen LogP contribution is -2.37. The zero-order valence-electron chi connectivity index (χ0n) is 12.1. The number of aromatic nitrogens is 1. The van der Waals surface area contributed by atoms with Crippen LogP contribution in [0.1, 0.15) is 24.1 Å². The van der Waals surface area contributed by atoms with Crippen LogP contribution in [0.2, 0.25) is 0 Å². The van der Waals surface area contributed by atoms with Crippen molar-refractivity contribution in [2.45, 2.75) is 26.3 Å². The minimum Gasteiger partial charge on any atom is -0.348 e. The molecule has 2 amide bonds. The second-order valence-electron chi connectivity index (χ2n) is 5.59. The Hall–Kier alpha value is -1.97. The van der Waals surface area contributed by atoms with Crippen LogP contribution in [0.25, 0.3) is 10.9 Å². The normalized spacial score (nSPS) is 15.0.